The number of nitrogens with zero attached hydrogens (tertiary/aromatic N) is 8. The van der Waals surface area contributed by atoms with Crippen LogP contribution < -0.4 is 32.8 Å². The van der Waals surface area contributed by atoms with Gasteiger partial charge in [0.1, 0.15) is 54.1 Å². The minimum absolute atomic E-state index is 0.00326. The second-order valence-corrected chi connectivity index (χ2v) is 25.5. The van der Waals surface area contributed by atoms with Crippen LogP contribution in [0.15, 0.2) is 45.6 Å². The summed E-state index contributed by atoms with van der Waals surface area (Å²) in [5, 5.41) is 32.8. The topological polar surface area (TPSA) is 498 Å². The SMILES string of the molecule is COC[C@@H]1[C@@H](CSP(=O)(O)OP(=O)(O)OP(=O)(O)OCC2O[C@@H](n3cnc4c(N)ncnc43)[C@H](OC)[C@@H]2P(=O)(O)OC[C@H]2O[C@@H](n3ccc(=O)[nH]c3=O)[C@H](O)[C@@H]2O)OC([n+]2cn(C)c3c(=O)[nH]c(N)nc32)[C@@H]1O. The summed E-state index contributed by atoms with van der Waals surface area (Å²) < 4.78 is 106. The number of ether oxygens (including phenoxy) is 5. The van der Waals surface area contributed by atoms with Gasteiger partial charge in [-0.1, -0.05) is 4.98 Å². The molecule has 5 aromatic heterocycles. The fourth-order valence-corrected chi connectivity index (χ4v) is 16.3. The molecule has 13 N–H and O–H groups in total. The van der Waals surface area contributed by atoms with Gasteiger partial charge in [-0.3, -0.25) is 42.3 Å². The number of aryl methyl sites for hydroxylation is 1. The lowest BCUT2D eigenvalue weighted by Gasteiger charge is -2.28. The highest BCUT2D eigenvalue weighted by Crippen LogP contribution is 2.72. The molecule has 40 heteroatoms. The van der Waals surface area contributed by atoms with Crippen molar-refractivity contribution in [1.82, 2.24) is 43.6 Å². The van der Waals surface area contributed by atoms with Gasteiger partial charge < -0.3 is 74.6 Å². The van der Waals surface area contributed by atoms with E-state index in [1.165, 1.54) is 34.2 Å². The van der Waals surface area contributed by atoms with Crippen LogP contribution in [0.4, 0.5) is 11.8 Å². The number of aliphatic hydroxyl groups is 3. The Morgan fingerprint density at radius 3 is 2.25 bits per heavy atom. The molecule has 3 saturated heterocycles. The lowest BCUT2D eigenvalue weighted by molar-refractivity contribution is -0.745. The molecule has 8 heterocycles. The van der Waals surface area contributed by atoms with Crippen LogP contribution in [0.2, 0.25) is 0 Å². The minimum atomic E-state index is -6.08. The van der Waals surface area contributed by atoms with Crippen LogP contribution in [-0.4, -0.2) is 167 Å². The molecule has 0 aromatic carbocycles. The number of phosphoric acid groups is 2. The van der Waals surface area contributed by atoms with Crippen LogP contribution in [0.3, 0.4) is 0 Å². The van der Waals surface area contributed by atoms with E-state index in [4.69, 9.17) is 44.2 Å². The van der Waals surface area contributed by atoms with Gasteiger partial charge in [0, 0.05) is 38.2 Å². The summed E-state index contributed by atoms with van der Waals surface area (Å²) in [5.41, 5.74) is 7.43. The number of anilines is 2. The average molecular weight is 1140 g/mol. The minimum Gasteiger partial charge on any atom is -0.387 e. The van der Waals surface area contributed by atoms with E-state index in [1.54, 1.807) is 0 Å². The van der Waals surface area contributed by atoms with Gasteiger partial charge in [-0.15, -0.1) is 0 Å². The monoisotopic (exact) mass is 1140 g/mol. The maximum Gasteiger partial charge on any atom is 0.488 e. The highest BCUT2D eigenvalue weighted by molar-refractivity contribution is 8.55. The van der Waals surface area contributed by atoms with Crippen molar-refractivity contribution < 1.29 is 99.1 Å². The van der Waals surface area contributed by atoms with E-state index < -0.39 is 139 Å². The maximum atomic E-state index is 14.3. The van der Waals surface area contributed by atoms with E-state index in [0.29, 0.717) is 0 Å². The molecule has 3 aliphatic rings. The summed E-state index contributed by atoms with van der Waals surface area (Å²) in [6.45, 7) is -7.81. The molecule has 402 valence electrons. The molecular formula is C33H47N12O23P4S+. The third-order valence-electron chi connectivity index (χ3n) is 11.7. The second-order valence-electron chi connectivity index (χ2n) is 16.4. The third-order valence-corrected chi connectivity index (χ3v) is 20.2. The molecule has 0 amide bonds. The number of methoxy groups -OCH3 is 2. The molecule has 3 aliphatic heterocycles. The van der Waals surface area contributed by atoms with Gasteiger partial charge in [-0.05, 0) is 11.4 Å². The van der Waals surface area contributed by atoms with Crippen LogP contribution in [0.5, 0.6) is 0 Å². The van der Waals surface area contributed by atoms with Crippen molar-refractivity contribution in [2.45, 2.75) is 67.1 Å². The number of rotatable bonds is 20. The first-order chi connectivity index (χ1) is 34.2. The molecule has 0 saturated carbocycles. The number of aromatic amines is 2. The number of fused-ring (bicyclic) bond motifs is 2. The summed E-state index contributed by atoms with van der Waals surface area (Å²) in [7, 11) is -13.4. The normalized spacial score (nSPS) is 30.9. The molecule has 6 unspecified atom stereocenters. The summed E-state index contributed by atoms with van der Waals surface area (Å²) >= 11 is -0.00424. The number of nitrogen functional groups attached to an aromatic ring is 2. The molecule has 16 atom stereocenters. The van der Waals surface area contributed by atoms with Crippen molar-refractivity contribution in [3.63, 3.8) is 0 Å². The van der Waals surface area contributed by atoms with Gasteiger partial charge in [-0.25, -0.2) is 38.0 Å². The Morgan fingerprint density at radius 1 is 0.836 bits per heavy atom. The predicted octanol–water partition coefficient (Wildman–Crippen LogP) is -3.19. The number of imidazole rings is 2. The summed E-state index contributed by atoms with van der Waals surface area (Å²) in [5.74, 6) is -1.82. The van der Waals surface area contributed by atoms with Crippen LogP contribution in [0.25, 0.3) is 22.3 Å². The standard InChI is InChI=1S/C33H46N12O23P4S/c1-42-12-45(27-19(42)28(50)41-32(35)40-27)29-20(47)13(6-60-2)16(66-29)9-73-72(58,59)68-71(56,57)67-70(54,55)63-8-15-24(23(61-3)31(65-15)44-11-38-18-25(34)36-10-37-26(18)44)69(52,53)62-7-14-21(48)22(49)30(64-14)43-5-4-17(46)39-33(43)51/h4-5,10-16,20-24,29-31,47-49H,6-9H2,1-3H3,(H9-,34,35,36,37,39,40,41,46,50,51,52,53,54,55,56,57,58,59)/p+1/t13-,14-,15?,16-,20-,21-,22-,23-,24-,29?,30-,31-/m1/s1. The van der Waals surface area contributed by atoms with E-state index in [2.05, 4.69) is 33.5 Å². The van der Waals surface area contributed by atoms with Crippen molar-refractivity contribution in [2.75, 3.05) is 51.3 Å². The summed E-state index contributed by atoms with van der Waals surface area (Å²) in [6, 6.07) is 0.931. The Morgan fingerprint density at radius 2 is 1.55 bits per heavy atom. The molecular weight excluding hydrogens is 1090 g/mol. The quantitative estimate of drug-likeness (QED) is 0.0270. The number of H-pyrrole nitrogens is 2. The van der Waals surface area contributed by atoms with E-state index in [0.717, 1.165) is 36.6 Å². The molecule has 3 fully saturated rings. The first-order valence-electron chi connectivity index (χ1n) is 20.9. The van der Waals surface area contributed by atoms with Crippen LogP contribution in [0, 0.1) is 5.92 Å². The summed E-state index contributed by atoms with van der Waals surface area (Å²) in [6.07, 6.45) is -11.2. The molecule has 5 aromatic rings. The maximum absolute atomic E-state index is 14.3. The van der Waals surface area contributed by atoms with Crippen LogP contribution >= 0.6 is 41.4 Å². The average Bonchev–Trinajstić information content (AvgIpc) is 4.10. The van der Waals surface area contributed by atoms with Crippen molar-refractivity contribution in [3.8, 4) is 0 Å². The van der Waals surface area contributed by atoms with E-state index in [-0.39, 0.29) is 52.1 Å². The first-order valence-corrected chi connectivity index (χ1v) is 28.8. The molecule has 0 radical (unpaired) electrons. The Labute approximate surface area is 410 Å². The Hall–Kier alpha value is -4.19. The van der Waals surface area contributed by atoms with Gasteiger partial charge in [-0.2, -0.15) is 8.62 Å². The molecule has 0 aliphatic carbocycles. The number of aliphatic hydroxyl groups excluding tert-OH is 3. The Bertz CT molecular complexity index is 3250. The number of aromatic nitrogens is 10. The van der Waals surface area contributed by atoms with Crippen molar-refractivity contribution in [1.29, 1.82) is 0 Å². The van der Waals surface area contributed by atoms with Gasteiger partial charge >= 0.3 is 41.4 Å². The molecule has 73 heavy (non-hydrogen) atoms. The highest BCUT2D eigenvalue weighted by atomic mass is 32.7. The third kappa shape index (κ3) is 11.4. The van der Waals surface area contributed by atoms with Gasteiger partial charge in [0.2, 0.25) is 11.7 Å². The predicted molar refractivity (Wildman–Crippen MR) is 243 cm³/mol. The first kappa shape index (κ1) is 55.1. The smallest absolute Gasteiger partial charge is 0.387 e. The number of phosphoric ester groups is 1. The fraction of sp³-hybridized carbons (Fsp3) is 0.576. The molecule has 8 rings (SSSR count). The van der Waals surface area contributed by atoms with Crippen molar-refractivity contribution in [2.24, 2.45) is 13.0 Å². The Kier molecular flexibility index (Phi) is 15.9. The van der Waals surface area contributed by atoms with E-state index in [9.17, 15) is 67.5 Å². The zero-order valence-electron chi connectivity index (χ0n) is 37.7. The summed E-state index contributed by atoms with van der Waals surface area (Å²) in [4.78, 5) is 101. The van der Waals surface area contributed by atoms with E-state index in [1.807, 2.05) is 4.98 Å². The second kappa shape index (κ2) is 21.1. The van der Waals surface area contributed by atoms with Gasteiger partial charge in [0.15, 0.2) is 30.2 Å². The lowest BCUT2D eigenvalue weighted by Crippen LogP contribution is -2.45. The van der Waals surface area contributed by atoms with Crippen LogP contribution in [0.1, 0.15) is 18.7 Å². The largest absolute Gasteiger partial charge is 0.488 e. The number of hydrogen-bond donors (Lipinski definition) is 11. The van der Waals surface area contributed by atoms with Crippen LogP contribution in [-0.2, 0) is 66.7 Å². The zero-order chi connectivity index (χ0) is 53.1. The lowest BCUT2D eigenvalue weighted by atomic mass is 10.00. The molecule has 35 nitrogen and oxygen atoms in total. The van der Waals surface area contributed by atoms with Crippen molar-refractivity contribution >= 4 is 75.5 Å². The Balaban J connectivity index is 0.957. The number of hydrogen-bond acceptors (Lipinski definition) is 26. The zero-order valence-corrected chi connectivity index (χ0v) is 42.1. The number of nitrogens with one attached hydrogen (secondary N) is 2. The molecule has 0 spiro atoms. The van der Waals surface area contributed by atoms with Gasteiger partial charge in [0.25, 0.3) is 17.1 Å². The fourth-order valence-electron chi connectivity index (χ4n) is 8.47. The van der Waals surface area contributed by atoms with Crippen molar-refractivity contribution in [3.05, 3.63) is 62.4 Å². The van der Waals surface area contributed by atoms with E-state index >= 15 is 0 Å². The number of nitrogens with two attached hydrogens (primary N) is 2. The van der Waals surface area contributed by atoms with Gasteiger partial charge in [0.05, 0.1) is 39.3 Å². The highest BCUT2D eigenvalue weighted by Gasteiger charge is 2.58. The molecule has 0 bridgehead atoms.